The first-order valence-electron chi connectivity index (χ1n) is 27.2. The minimum atomic E-state index is -1.21. The van der Waals surface area contributed by atoms with Gasteiger partial charge in [-0.2, -0.15) is 0 Å². The van der Waals surface area contributed by atoms with Crippen molar-refractivity contribution in [2.75, 3.05) is 4.90 Å². The van der Waals surface area contributed by atoms with E-state index in [0.29, 0.717) is 0 Å². The van der Waals surface area contributed by atoms with Crippen LogP contribution in [0, 0.1) is 0 Å². The first-order chi connectivity index (χ1) is 37.6. The van der Waals surface area contributed by atoms with Gasteiger partial charge in [0, 0.05) is 44.1 Å². The highest BCUT2D eigenvalue weighted by Gasteiger charge is 2.46. The number of hydrogen-bond donors (Lipinski definition) is 0. The maximum Gasteiger partial charge on any atom is 0.143 e. The molecule has 0 saturated heterocycles. The molecule has 340 valence electrons. The topological polar surface area (TPSA) is 16.4 Å². The lowest BCUT2D eigenvalue weighted by Crippen LogP contribution is -2.28. The van der Waals surface area contributed by atoms with Gasteiger partial charge >= 0.3 is 0 Å². The van der Waals surface area contributed by atoms with Crippen LogP contribution in [0.1, 0.15) is 54.1 Å². The van der Waals surface area contributed by atoms with Gasteiger partial charge in [0.2, 0.25) is 0 Å². The molecule has 0 amide bonds. The highest BCUT2D eigenvalue weighted by atomic mass is 16.3. The average molecular weight is 925 g/mol. The number of anilines is 3. The molecule has 0 atom stereocenters. The predicted molar refractivity (Wildman–Crippen MR) is 300 cm³/mol. The summed E-state index contributed by atoms with van der Waals surface area (Å²) in [5.74, 6) is 0. The van der Waals surface area contributed by atoms with Crippen molar-refractivity contribution >= 4 is 39.0 Å². The highest BCUT2D eigenvalue weighted by Crippen LogP contribution is 2.57. The van der Waals surface area contributed by atoms with E-state index in [0.717, 1.165) is 100 Å². The van der Waals surface area contributed by atoms with Crippen LogP contribution in [0.3, 0.4) is 0 Å². The summed E-state index contributed by atoms with van der Waals surface area (Å²) in [6.45, 7) is 4.66. The van der Waals surface area contributed by atoms with Gasteiger partial charge in [-0.1, -0.05) is 250 Å². The van der Waals surface area contributed by atoms with Gasteiger partial charge in [-0.05, 0) is 91.0 Å². The first kappa shape index (κ1) is 36.9. The summed E-state index contributed by atoms with van der Waals surface area (Å²) >= 11 is 0. The Hall–Kier alpha value is -8.98. The largest absolute Gasteiger partial charge is 0.455 e. The summed E-state index contributed by atoms with van der Waals surface area (Å²) in [5.41, 5.74) is 19.2. The predicted octanol–water partition coefficient (Wildman–Crippen LogP) is 18.7. The third-order valence-corrected chi connectivity index (χ3v) is 15.5. The lowest BCUT2D eigenvalue weighted by molar-refractivity contribution is 0.660. The van der Waals surface area contributed by atoms with Crippen molar-refractivity contribution in [1.29, 1.82) is 0 Å². The standard InChI is InChI=1S/C70H49NO/c1-69(2)61-34-14-9-26-53(61)56-44-43-50(45-64(56)69)71(65-37-17-12-25-51(65)46-21-5-3-6-22-46)66-38-18-13-29-57(66)58-31-20-33-60-59-32-19-30-52(67(59)72-68(58)60)47-39-41-49(42-40-47)70(48-23-7-4-8-24-48)62-35-15-10-27-54(62)55-28-11-16-36-63(55)70/h3-45H,1-2H3/i4D,7D,8D,23D,24D. The molecule has 0 saturated carbocycles. The summed E-state index contributed by atoms with van der Waals surface area (Å²) in [5, 5.41) is 1.99. The maximum atomic E-state index is 9.40. The molecule has 2 nitrogen and oxygen atoms in total. The summed E-state index contributed by atoms with van der Waals surface area (Å²) in [4.78, 5) is 2.42. The Morgan fingerprint density at radius 3 is 1.51 bits per heavy atom. The minimum absolute atomic E-state index is 0.205. The number of para-hydroxylation sites is 4. The van der Waals surface area contributed by atoms with Gasteiger partial charge < -0.3 is 9.32 Å². The summed E-state index contributed by atoms with van der Waals surface area (Å²) in [6, 6.07) is 79.2. The van der Waals surface area contributed by atoms with Crippen LogP contribution in [0.15, 0.2) is 265 Å². The van der Waals surface area contributed by atoms with Crippen LogP contribution in [-0.2, 0) is 10.8 Å². The van der Waals surface area contributed by atoms with E-state index in [4.69, 9.17) is 8.53 Å². The van der Waals surface area contributed by atoms with E-state index in [1.807, 2.05) is 36.4 Å². The SMILES string of the molecule is [2H]c1c([2H])c([2H])c(C2(c3ccc(-c4cccc5c4oc4c(-c6ccccc6N(c6ccc7c(c6)C(C)(C)c6ccccc6-7)c6ccccc6-c6ccccc6)cccc45)cc3)c3ccccc3-c3ccccc32)c([2H])c1[2H]. The molecule has 1 heterocycles. The molecule has 0 unspecified atom stereocenters. The molecule has 0 spiro atoms. The smallest absolute Gasteiger partial charge is 0.143 e. The Bertz CT molecular complexity index is 4310. The average Bonchev–Trinajstić information content (AvgIpc) is 4.18. The van der Waals surface area contributed by atoms with E-state index in [1.54, 1.807) is 0 Å². The zero-order valence-electron chi connectivity index (χ0n) is 44.8. The number of rotatable bonds is 8. The van der Waals surface area contributed by atoms with Gasteiger partial charge in [0.1, 0.15) is 11.2 Å². The molecule has 1 aromatic heterocycles. The molecule has 2 heteroatoms. The molecule has 11 aromatic carbocycles. The van der Waals surface area contributed by atoms with Gasteiger partial charge in [-0.3, -0.25) is 0 Å². The number of benzene rings is 11. The minimum Gasteiger partial charge on any atom is -0.455 e. The van der Waals surface area contributed by atoms with Crippen LogP contribution in [0.5, 0.6) is 0 Å². The lowest BCUT2D eigenvalue weighted by Gasteiger charge is -2.34. The number of hydrogen-bond acceptors (Lipinski definition) is 2. The van der Waals surface area contributed by atoms with Crippen LogP contribution >= 0.6 is 0 Å². The Morgan fingerprint density at radius 2 is 0.847 bits per heavy atom. The van der Waals surface area contributed by atoms with E-state index in [9.17, 15) is 2.74 Å². The monoisotopic (exact) mass is 924 g/mol. The second kappa shape index (κ2) is 16.3. The van der Waals surface area contributed by atoms with Crippen molar-refractivity contribution in [3.63, 3.8) is 0 Å². The van der Waals surface area contributed by atoms with E-state index < -0.39 is 11.5 Å². The zero-order chi connectivity index (χ0) is 52.3. The fraction of sp³-hybridized carbons (Fsp3) is 0.0571. The lowest BCUT2D eigenvalue weighted by atomic mass is 9.67. The Labute approximate surface area is 427 Å². The number of fused-ring (bicyclic) bond motifs is 9. The Kier molecular flexibility index (Phi) is 8.36. The van der Waals surface area contributed by atoms with Crippen molar-refractivity contribution in [2.45, 2.75) is 24.7 Å². The highest BCUT2D eigenvalue weighted by molar-refractivity contribution is 6.14. The van der Waals surface area contributed by atoms with Crippen LogP contribution in [0.2, 0.25) is 0 Å². The van der Waals surface area contributed by atoms with Crippen molar-refractivity contribution in [3.05, 3.63) is 294 Å². The van der Waals surface area contributed by atoms with Crippen LogP contribution in [0.4, 0.5) is 17.1 Å². The third kappa shape index (κ3) is 6.15. The third-order valence-electron chi connectivity index (χ3n) is 15.5. The molecule has 14 rings (SSSR count). The molecule has 2 aliphatic rings. The van der Waals surface area contributed by atoms with Gasteiger partial charge in [0.05, 0.1) is 23.6 Å². The second-order valence-electron chi connectivity index (χ2n) is 19.5. The van der Waals surface area contributed by atoms with E-state index in [1.165, 1.54) is 22.3 Å². The quantitative estimate of drug-likeness (QED) is 0.151. The molecular formula is C70H49NO. The fourth-order valence-electron chi connectivity index (χ4n) is 12.2. The zero-order valence-corrected chi connectivity index (χ0v) is 39.8. The van der Waals surface area contributed by atoms with Crippen molar-refractivity contribution < 1.29 is 11.3 Å². The molecule has 12 aromatic rings. The molecule has 0 fully saturated rings. The van der Waals surface area contributed by atoms with Gasteiger partial charge in [-0.15, -0.1) is 0 Å². The normalized spacial score (nSPS) is 14.6. The molecule has 0 aliphatic heterocycles. The number of furan rings is 1. The molecule has 72 heavy (non-hydrogen) atoms. The maximum absolute atomic E-state index is 9.40. The molecule has 0 N–H and O–H groups in total. The molecule has 0 radical (unpaired) electrons. The van der Waals surface area contributed by atoms with E-state index in [-0.39, 0.29) is 35.1 Å². The number of nitrogens with zero attached hydrogens (tertiary/aromatic N) is 1. The van der Waals surface area contributed by atoms with Gasteiger partial charge in [0.15, 0.2) is 0 Å². The second-order valence-corrected chi connectivity index (χ2v) is 19.5. The van der Waals surface area contributed by atoms with Crippen LogP contribution in [0.25, 0.3) is 77.6 Å². The van der Waals surface area contributed by atoms with E-state index in [2.05, 4.69) is 213 Å². The molecular weight excluding hydrogens is 871 g/mol. The van der Waals surface area contributed by atoms with E-state index >= 15 is 0 Å². The Balaban J connectivity index is 0.937. The van der Waals surface area contributed by atoms with Crippen molar-refractivity contribution in [1.82, 2.24) is 0 Å². The van der Waals surface area contributed by atoms with Crippen LogP contribution < -0.4 is 4.90 Å². The summed E-state index contributed by atoms with van der Waals surface area (Å²) in [6.07, 6.45) is 0. The molecule has 2 aliphatic carbocycles. The summed E-state index contributed by atoms with van der Waals surface area (Å²) < 4.78 is 52.3. The fourth-order valence-corrected chi connectivity index (χ4v) is 12.2. The van der Waals surface area contributed by atoms with Gasteiger partial charge in [0.25, 0.3) is 0 Å². The van der Waals surface area contributed by atoms with Crippen LogP contribution in [-0.4, -0.2) is 0 Å². The first-order valence-corrected chi connectivity index (χ1v) is 24.7. The van der Waals surface area contributed by atoms with Crippen molar-refractivity contribution in [3.8, 4) is 55.6 Å². The Morgan fingerprint density at radius 1 is 0.361 bits per heavy atom. The summed E-state index contributed by atoms with van der Waals surface area (Å²) in [7, 11) is 0. The van der Waals surface area contributed by atoms with Crippen molar-refractivity contribution in [2.24, 2.45) is 0 Å². The molecule has 0 bridgehead atoms. The van der Waals surface area contributed by atoms with Gasteiger partial charge in [-0.25, -0.2) is 0 Å².